The van der Waals surface area contributed by atoms with Crippen molar-refractivity contribution in [3.8, 4) is 11.8 Å². The molecule has 0 aromatic heterocycles. The monoisotopic (exact) mass is 416 g/mol. The fourth-order valence-electron chi connectivity index (χ4n) is 3.46. The van der Waals surface area contributed by atoms with E-state index in [2.05, 4.69) is 10.3 Å². The molecule has 0 bridgehead atoms. The lowest BCUT2D eigenvalue weighted by Gasteiger charge is -2.26. The van der Waals surface area contributed by atoms with Crippen molar-refractivity contribution in [2.75, 3.05) is 33.4 Å². The number of amides is 2. The lowest BCUT2D eigenvalue weighted by atomic mass is 10.0. The Kier molecular flexibility index (Phi) is 5.78. The smallest absolute Gasteiger partial charge is 0.266 e. The Morgan fingerprint density at radius 3 is 2.42 bits per heavy atom. The van der Waals surface area contributed by atoms with Gasteiger partial charge >= 0.3 is 0 Å². The lowest BCUT2D eigenvalue weighted by Crippen LogP contribution is -2.41. The summed E-state index contributed by atoms with van der Waals surface area (Å²) in [4.78, 5) is 31.8. The van der Waals surface area contributed by atoms with Crippen molar-refractivity contribution in [3.63, 3.8) is 0 Å². The predicted octanol–water partition coefficient (Wildman–Crippen LogP) is 1.98. The molecule has 1 saturated heterocycles. The zero-order chi connectivity index (χ0) is 21.8. The Hall–Kier alpha value is -3.96. The number of nitriles is 1. The van der Waals surface area contributed by atoms with Gasteiger partial charge in [0.05, 0.1) is 26.0 Å². The molecule has 2 aromatic carbocycles. The van der Waals surface area contributed by atoms with Gasteiger partial charge in [0, 0.05) is 29.8 Å². The van der Waals surface area contributed by atoms with Gasteiger partial charge in [-0.1, -0.05) is 24.3 Å². The van der Waals surface area contributed by atoms with Gasteiger partial charge in [0.15, 0.2) is 0 Å². The van der Waals surface area contributed by atoms with Gasteiger partial charge in [0.1, 0.15) is 23.2 Å². The molecule has 8 nitrogen and oxygen atoms in total. The average molecular weight is 416 g/mol. The van der Waals surface area contributed by atoms with E-state index in [1.54, 1.807) is 54.5 Å². The molecule has 1 N–H and O–H groups in total. The number of fused-ring (bicyclic) bond motifs is 1. The van der Waals surface area contributed by atoms with Crippen molar-refractivity contribution in [1.82, 2.24) is 10.2 Å². The highest BCUT2D eigenvalue weighted by molar-refractivity contribution is 6.20. The predicted molar refractivity (Wildman–Crippen MR) is 113 cm³/mol. The Morgan fingerprint density at radius 1 is 1.10 bits per heavy atom. The summed E-state index contributed by atoms with van der Waals surface area (Å²) in [6, 6.07) is 15.9. The van der Waals surface area contributed by atoms with Gasteiger partial charge in [-0.2, -0.15) is 5.26 Å². The number of aliphatic imine (C=N–C) groups is 1. The highest BCUT2D eigenvalue weighted by Gasteiger charge is 2.30. The quantitative estimate of drug-likeness (QED) is 0.609. The first-order valence-corrected chi connectivity index (χ1v) is 9.77. The molecule has 31 heavy (non-hydrogen) atoms. The molecule has 2 heterocycles. The summed E-state index contributed by atoms with van der Waals surface area (Å²) in [6.07, 6.45) is 0. The van der Waals surface area contributed by atoms with Crippen LogP contribution in [0.15, 0.2) is 59.1 Å². The number of nitrogens with zero attached hydrogens (tertiary/aromatic N) is 3. The first-order chi connectivity index (χ1) is 15.1. The minimum absolute atomic E-state index is 0.0527. The van der Waals surface area contributed by atoms with Crippen LogP contribution in [0.3, 0.4) is 0 Å². The summed E-state index contributed by atoms with van der Waals surface area (Å²) in [7, 11) is 1.55. The minimum atomic E-state index is -0.387. The molecule has 1 fully saturated rings. The van der Waals surface area contributed by atoms with Crippen LogP contribution >= 0.6 is 0 Å². The summed E-state index contributed by atoms with van der Waals surface area (Å²) in [5, 5.41) is 12.6. The molecule has 0 radical (unpaired) electrons. The second-order valence-corrected chi connectivity index (χ2v) is 6.93. The molecule has 2 aliphatic heterocycles. The Balaban J connectivity index is 1.67. The molecule has 2 aromatic rings. The Labute approximate surface area is 179 Å². The molecule has 2 amide bonds. The molecule has 8 heteroatoms. The normalized spacial score (nSPS) is 16.6. The van der Waals surface area contributed by atoms with Crippen LogP contribution in [0, 0.1) is 11.3 Å². The molecule has 2 aliphatic rings. The number of rotatable bonds is 3. The largest absolute Gasteiger partial charge is 0.497 e. The lowest BCUT2D eigenvalue weighted by molar-refractivity contribution is -0.130. The number of carbonyl (C=O) groups excluding carboxylic acids is 2. The van der Waals surface area contributed by atoms with Gasteiger partial charge in [0.25, 0.3) is 11.8 Å². The topological polar surface area (TPSA) is 104 Å². The van der Waals surface area contributed by atoms with E-state index in [-0.39, 0.29) is 23.1 Å². The van der Waals surface area contributed by atoms with E-state index in [9.17, 15) is 14.9 Å². The van der Waals surface area contributed by atoms with E-state index in [1.807, 2.05) is 12.1 Å². The van der Waals surface area contributed by atoms with E-state index in [1.165, 1.54) is 0 Å². The number of carbonyl (C=O) groups is 2. The Bertz CT molecular complexity index is 1120. The van der Waals surface area contributed by atoms with Crippen molar-refractivity contribution < 1.29 is 19.1 Å². The van der Waals surface area contributed by atoms with Gasteiger partial charge in [-0.15, -0.1) is 0 Å². The second-order valence-electron chi connectivity index (χ2n) is 6.93. The number of amidine groups is 1. The van der Waals surface area contributed by atoms with E-state index in [0.29, 0.717) is 54.6 Å². The van der Waals surface area contributed by atoms with E-state index < -0.39 is 0 Å². The number of hydrogen-bond donors (Lipinski definition) is 1. The molecule has 0 spiro atoms. The maximum atomic E-state index is 13.0. The number of hydrogen-bond acceptors (Lipinski definition) is 6. The van der Waals surface area contributed by atoms with Crippen LogP contribution in [0.2, 0.25) is 0 Å². The first kappa shape index (κ1) is 20.3. The van der Waals surface area contributed by atoms with Gasteiger partial charge in [-0.3, -0.25) is 9.59 Å². The Morgan fingerprint density at radius 2 is 1.77 bits per heavy atom. The summed E-state index contributed by atoms with van der Waals surface area (Å²) in [6.45, 7) is 1.71. The molecular weight excluding hydrogens is 396 g/mol. The zero-order valence-electron chi connectivity index (χ0n) is 16.9. The van der Waals surface area contributed by atoms with Gasteiger partial charge in [-0.25, -0.2) is 4.99 Å². The molecule has 0 atom stereocenters. The number of ether oxygens (including phenoxy) is 2. The van der Waals surface area contributed by atoms with Crippen LogP contribution in [0.5, 0.6) is 5.75 Å². The van der Waals surface area contributed by atoms with Crippen molar-refractivity contribution >= 4 is 23.3 Å². The molecule has 0 unspecified atom stereocenters. The number of benzene rings is 2. The van der Waals surface area contributed by atoms with Crippen molar-refractivity contribution in [2.24, 2.45) is 4.99 Å². The number of morpholine rings is 1. The number of nitrogens with one attached hydrogen (secondary N) is 1. The van der Waals surface area contributed by atoms with Crippen LogP contribution in [0.4, 0.5) is 0 Å². The molecule has 156 valence electrons. The maximum Gasteiger partial charge on any atom is 0.266 e. The van der Waals surface area contributed by atoms with Gasteiger partial charge in [-0.05, 0) is 24.3 Å². The standard InChI is InChI=1S/C23H20N4O4/c1-30-16-8-6-15(7-9-16)22(28)26-21-18-5-3-2-4-17(18)20(25-21)19(14-24)23(29)27-10-12-31-13-11-27/h2-9H,10-13H2,1H3,(H,25,26,28)/b20-19+. The van der Waals surface area contributed by atoms with Crippen LogP contribution in [0.1, 0.15) is 21.5 Å². The third kappa shape index (κ3) is 4.04. The second kappa shape index (κ2) is 8.81. The van der Waals surface area contributed by atoms with Crippen LogP contribution in [-0.4, -0.2) is 56.0 Å². The summed E-state index contributed by atoms with van der Waals surface area (Å²) in [5.41, 5.74) is 1.93. The summed E-state index contributed by atoms with van der Waals surface area (Å²) >= 11 is 0. The fraction of sp³-hybridized carbons (Fsp3) is 0.217. The molecule has 0 saturated carbocycles. The highest BCUT2D eigenvalue weighted by Crippen LogP contribution is 2.31. The van der Waals surface area contributed by atoms with Crippen LogP contribution in [-0.2, 0) is 9.53 Å². The van der Waals surface area contributed by atoms with Crippen molar-refractivity contribution in [2.45, 2.75) is 0 Å². The molecule has 4 rings (SSSR count). The van der Waals surface area contributed by atoms with Crippen molar-refractivity contribution in [1.29, 1.82) is 5.26 Å². The van der Waals surface area contributed by atoms with Crippen molar-refractivity contribution in [3.05, 3.63) is 70.8 Å². The maximum absolute atomic E-state index is 13.0. The van der Waals surface area contributed by atoms with Crippen LogP contribution in [0.25, 0.3) is 5.70 Å². The fourth-order valence-corrected chi connectivity index (χ4v) is 3.46. The average Bonchev–Trinajstić information content (AvgIpc) is 3.18. The zero-order valence-corrected chi connectivity index (χ0v) is 16.9. The van der Waals surface area contributed by atoms with Crippen LogP contribution < -0.4 is 10.1 Å². The van der Waals surface area contributed by atoms with E-state index in [0.717, 1.165) is 0 Å². The number of methoxy groups -OCH3 is 1. The minimum Gasteiger partial charge on any atom is -0.497 e. The van der Waals surface area contributed by atoms with E-state index >= 15 is 0 Å². The third-order valence-electron chi connectivity index (χ3n) is 5.11. The summed E-state index contributed by atoms with van der Waals surface area (Å²) in [5.74, 6) is 0.206. The SMILES string of the molecule is COc1ccc(C(=O)NC2=N/C(=C(\C#N)C(=O)N3CCOCC3)c3ccccc32)cc1. The van der Waals surface area contributed by atoms with Gasteiger partial charge < -0.3 is 19.7 Å². The van der Waals surface area contributed by atoms with E-state index in [4.69, 9.17) is 9.47 Å². The third-order valence-corrected chi connectivity index (χ3v) is 5.11. The molecule has 0 aliphatic carbocycles. The molecular formula is C23H20N4O4. The first-order valence-electron chi connectivity index (χ1n) is 9.77. The van der Waals surface area contributed by atoms with Gasteiger partial charge in [0.2, 0.25) is 0 Å². The highest BCUT2D eigenvalue weighted by atomic mass is 16.5. The summed E-state index contributed by atoms with van der Waals surface area (Å²) < 4.78 is 10.4.